The van der Waals surface area contributed by atoms with Crippen LogP contribution in [0, 0.1) is 0 Å². The van der Waals surface area contributed by atoms with Crippen LogP contribution in [0.2, 0.25) is 0 Å². The quantitative estimate of drug-likeness (QED) is 0.587. The van der Waals surface area contributed by atoms with Crippen LogP contribution in [0.3, 0.4) is 0 Å². The van der Waals surface area contributed by atoms with E-state index in [4.69, 9.17) is 4.74 Å². The molecule has 0 atom stereocenters. The molecule has 16 heavy (non-hydrogen) atoms. The van der Waals surface area contributed by atoms with Crippen molar-refractivity contribution in [1.29, 1.82) is 0 Å². The Morgan fingerprint density at radius 1 is 1.25 bits per heavy atom. The van der Waals surface area contributed by atoms with Crippen LogP contribution in [0.5, 0.6) is 5.75 Å². The molecule has 0 N–H and O–H groups in total. The van der Waals surface area contributed by atoms with E-state index in [1.807, 2.05) is 32.3 Å². The van der Waals surface area contributed by atoms with Crippen LogP contribution in [-0.4, -0.2) is 31.5 Å². The van der Waals surface area contributed by atoms with E-state index in [0.717, 1.165) is 13.0 Å². The fourth-order valence-electron chi connectivity index (χ4n) is 1.21. The summed E-state index contributed by atoms with van der Waals surface area (Å²) in [5.41, 5.74) is 0. The number of carbonyl (C=O) groups is 1. The molecule has 0 saturated heterocycles. The van der Waals surface area contributed by atoms with Crippen molar-refractivity contribution in [1.82, 2.24) is 4.90 Å². The molecule has 0 fully saturated rings. The smallest absolute Gasteiger partial charge is 0.311 e. The first-order chi connectivity index (χ1) is 7.18. The van der Waals surface area contributed by atoms with E-state index in [-0.39, 0.29) is 18.4 Å². The van der Waals surface area contributed by atoms with Crippen molar-refractivity contribution >= 4 is 18.4 Å². The topological polar surface area (TPSA) is 29.5 Å². The van der Waals surface area contributed by atoms with E-state index in [1.54, 1.807) is 12.1 Å². The Morgan fingerprint density at radius 2 is 1.88 bits per heavy atom. The minimum atomic E-state index is -0.164. The van der Waals surface area contributed by atoms with Crippen molar-refractivity contribution in [3.63, 3.8) is 0 Å². The molecular weight excluding hydrogens is 226 g/mol. The summed E-state index contributed by atoms with van der Waals surface area (Å²) in [5, 5.41) is 0. The number of para-hydroxylation sites is 1. The van der Waals surface area contributed by atoms with Crippen LogP contribution >= 0.6 is 12.4 Å². The number of benzene rings is 1. The van der Waals surface area contributed by atoms with Crippen LogP contribution in [0.15, 0.2) is 30.3 Å². The second-order valence-corrected chi connectivity index (χ2v) is 3.69. The molecule has 0 radical (unpaired) electrons. The van der Waals surface area contributed by atoms with Crippen LogP contribution < -0.4 is 4.74 Å². The van der Waals surface area contributed by atoms with Crippen molar-refractivity contribution in [3.05, 3.63) is 30.3 Å². The highest BCUT2D eigenvalue weighted by Crippen LogP contribution is 2.09. The van der Waals surface area contributed by atoms with Gasteiger partial charge in [-0.1, -0.05) is 18.2 Å². The maximum absolute atomic E-state index is 11.4. The number of nitrogens with zero attached hydrogens (tertiary/aromatic N) is 1. The zero-order valence-electron chi connectivity index (χ0n) is 9.68. The molecule has 3 nitrogen and oxygen atoms in total. The zero-order chi connectivity index (χ0) is 11.1. The Balaban J connectivity index is 0.00000225. The number of hydrogen-bond acceptors (Lipinski definition) is 3. The molecule has 1 aromatic rings. The van der Waals surface area contributed by atoms with Crippen LogP contribution in [0.1, 0.15) is 12.8 Å². The van der Waals surface area contributed by atoms with Gasteiger partial charge >= 0.3 is 5.97 Å². The average molecular weight is 244 g/mol. The summed E-state index contributed by atoms with van der Waals surface area (Å²) in [4.78, 5) is 13.4. The monoisotopic (exact) mass is 243 g/mol. The maximum atomic E-state index is 11.4. The highest BCUT2D eigenvalue weighted by molar-refractivity contribution is 5.85. The number of hydrogen-bond donors (Lipinski definition) is 0. The second kappa shape index (κ2) is 8.13. The number of halogens is 1. The van der Waals surface area contributed by atoms with Crippen LogP contribution in [0.4, 0.5) is 0 Å². The largest absolute Gasteiger partial charge is 0.427 e. The molecule has 0 aliphatic heterocycles. The highest BCUT2D eigenvalue weighted by Gasteiger charge is 2.04. The standard InChI is InChI=1S/C12H17NO2.ClH/c1-13(2)10-6-9-12(14)15-11-7-4-3-5-8-11;/h3-5,7-8H,6,9-10H2,1-2H3;1H. The third-order valence-electron chi connectivity index (χ3n) is 1.96. The molecule has 0 spiro atoms. The van der Waals surface area contributed by atoms with Crippen molar-refractivity contribution in [3.8, 4) is 5.75 Å². The lowest BCUT2D eigenvalue weighted by atomic mass is 10.3. The number of carbonyl (C=O) groups excluding carboxylic acids is 1. The maximum Gasteiger partial charge on any atom is 0.311 e. The van der Waals surface area contributed by atoms with E-state index in [2.05, 4.69) is 4.90 Å². The molecule has 0 aromatic heterocycles. The predicted octanol–water partition coefficient (Wildman–Crippen LogP) is 2.36. The SMILES string of the molecule is CN(C)CCCC(=O)Oc1ccccc1.Cl. The molecule has 1 aromatic carbocycles. The summed E-state index contributed by atoms with van der Waals surface area (Å²) in [6.45, 7) is 0.907. The van der Waals surface area contributed by atoms with Gasteiger partial charge in [0.1, 0.15) is 5.75 Å². The number of rotatable bonds is 5. The third kappa shape index (κ3) is 6.43. The van der Waals surface area contributed by atoms with Gasteiger partial charge in [0.05, 0.1) is 0 Å². The highest BCUT2D eigenvalue weighted by atomic mass is 35.5. The molecule has 0 aliphatic rings. The Bertz CT molecular complexity index is 301. The molecule has 0 saturated carbocycles. The lowest BCUT2D eigenvalue weighted by Crippen LogP contribution is -2.16. The van der Waals surface area contributed by atoms with Crippen molar-refractivity contribution in [2.75, 3.05) is 20.6 Å². The molecule has 0 bridgehead atoms. The van der Waals surface area contributed by atoms with Gasteiger partial charge in [-0.15, -0.1) is 12.4 Å². The van der Waals surface area contributed by atoms with Gasteiger partial charge in [-0.2, -0.15) is 0 Å². The summed E-state index contributed by atoms with van der Waals surface area (Å²) >= 11 is 0. The molecule has 1 rings (SSSR count). The second-order valence-electron chi connectivity index (χ2n) is 3.69. The number of esters is 1. The van der Waals surface area contributed by atoms with E-state index in [0.29, 0.717) is 12.2 Å². The molecule has 4 heteroatoms. The average Bonchev–Trinajstić information content (AvgIpc) is 2.18. The first kappa shape index (κ1) is 14.9. The molecule has 0 amide bonds. The zero-order valence-corrected chi connectivity index (χ0v) is 10.5. The summed E-state index contributed by atoms with van der Waals surface area (Å²) < 4.78 is 5.14. The van der Waals surface area contributed by atoms with Gasteiger partial charge in [0.15, 0.2) is 0 Å². The minimum Gasteiger partial charge on any atom is -0.427 e. The number of ether oxygens (including phenoxy) is 1. The Hall–Kier alpha value is -1.06. The van der Waals surface area contributed by atoms with E-state index in [1.165, 1.54) is 0 Å². The lowest BCUT2D eigenvalue weighted by molar-refractivity contribution is -0.134. The fraction of sp³-hybridized carbons (Fsp3) is 0.417. The fourth-order valence-corrected chi connectivity index (χ4v) is 1.21. The van der Waals surface area contributed by atoms with Crippen LogP contribution in [-0.2, 0) is 4.79 Å². The Morgan fingerprint density at radius 3 is 2.44 bits per heavy atom. The third-order valence-corrected chi connectivity index (χ3v) is 1.96. The van der Waals surface area contributed by atoms with Gasteiger partial charge in [-0.05, 0) is 39.2 Å². The minimum absolute atomic E-state index is 0. The molecule has 90 valence electrons. The van der Waals surface area contributed by atoms with Gasteiger partial charge in [-0.3, -0.25) is 4.79 Å². The first-order valence-corrected chi connectivity index (χ1v) is 5.09. The normalized spacial score (nSPS) is 9.69. The molecular formula is C12H18ClNO2. The van der Waals surface area contributed by atoms with Gasteiger partial charge in [0.25, 0.3) is 0 Å². The molecule has 0 heterocycles. The predicted molar refractivity (Wildman–Crippen MR) is 67.1 cm³/mol. The van der Waals surface area contributed by atoms with E-state index >= 15 is 0 Å². The van der Waals surface area contributed by atoms with Gasteiger partial charge in [0.2, 0.25) is 0 Å². The van der Waals surface area contributed by atoms with Crippen molar-refractivity contribution < 1.29 is 9.53 Å². The van der Waals surface area contributed by atoms with Crippen molar-refractivity contribution in [2.45, 2.75) is 12.8 Å². The first-order valence-electron chi connectivity index (χ1n) is 5.09. The van der Waals surface area contributed by atoms with E-state index < -0.39 is 0 Å². The molecule has 0 aliphatic carbocycles. The summed E-state index contributed by atoms with van der Waals surface area (Å²) in [5.74, 6) is 0.454. The van der Waals surface area contributed by atoms with Gasteiger partial charge in [-0.25, -0.2) is 0 Å². The van der Waals surface area contributed by atoms with Gasteiger partial charge < -0.3 is 9.64 Å². The van der Waals surface area contributed by atoms with Gasteiger partial charge in [0, 0.05) is 6.42 Å². The summed E-state index contributed by atoms with van der Waals surface area (Å²) in [6, 6.07) is 9.15. The lowest BCUT2D eigenvalue weighted by Gasteiger charge is -2.08. The Labute approximate surface area is 103 Å². The van der Waals surface area contributed by atoms with Crippen molar-refractivity contribution in [2.24, 2.45) is 0 Å². The summed E-state index contributed by atoms with van der Waals surface area (Å²) in [6.07, 6.45) is 1.30. The van der Waals surface area contributed by atoms with E-state index in [9.17, 15) is 4.79 Å². The van der Waals surface area contributed by atoms with Crippen LogP contribution in [0.25, 0.3) is 0 Å². The summed E-state index contributed by atoms with van der Waals surface area (Å²) in [7, 11) is 3.98. The molecule has 0 unspecified atom stereocenters. The Kier molecular flexibility index (Phi) is 7.60.